The fraction of sp³-hybridized carbons (Fsp3) is 0.500. The molecule has 1 N–H and O–H groups in total. The largest absolute Gasteiger partial charge is 0.314 e. The van der Waals surface area contributed by atoms with Gasteiger partial charge in [0, 0.05) is 24.9 Å². The molecular formula is C14H19N3. The lowest BCUT2D eigenvalue weighted by atomic mass is 10.1. The fourth-order valence-electron chi connectivity index (χ4n) is 2.92. The summed E-state index contributed by atoms with van der Waals surface area (Å²) in [6, 6.07) is 7.10. The summed E-state index contributed by atoms with van der Waals surface area (Å²) in [5.74, 6) is 0. The van der Waals surface area contributed by atoms with Gasteiger partial charge < -0.3 is 5.32 Å². The maximum Gasteiger partial charge on any atom is 0.0718 e. The minimum Gasteiger partial charge on any atom is -0.314 e. The van der Waals surface area contributed by atoms with Gasteiger partial charge in [-0.3, -0.25) is 4.68 Å². The van der Waals surface area contributed by atoms with Crippen LogP contribution in [0.4, 0.5) is 0 Å². The maximum absolute atomic E-state index is 4.69. The number of nitrogens with zero attached hydrogens (tertiary/aromatic N) is 2. The van der Waals surface area contributed by atoms with Gasteiger partial charge in [0.1, 0.15) is 0 Å². The molecule has 1 saturated heterocycles. The van der Waals surface area contributed by atoms with Crippen molar-refractivity contribution in [3.05, 3.63) is 29.5 Å². The van der Waals surface area contributed by atoms with E-state index in [2.05, 4.69) is 30.4 Å². The quantitative estimate of drug-likeness (QED) is 0.855. The minimum absolute atomic E-state index is 0.619. The van der Waals surface area contributed by atoms with Crippen LogP contribution < -0.4 is 5.32 Å². The van der Waals surface area contributed by atoms with E-state index in [1.54, 1.807) is 0 Å². The zero-order chi connectivity index (χ0) is 11.8. The zero-order valence-electron chi connectivity index (χ0n) is 10.5. The number of aryl methyl sites for hydroxylation is 2. The van der Waals surface area contributed by atoms with Crippen LogP contribution in [-0.4, -0.2) is 22.4 Å². The van der Waals surface area contributed by atoms with Gasteiger partial charge in [0.05, 0.1) is 11.2 Å². The van der Waals surface area contributed by atoms with E-state index in [9.17, 15) is 0 Å². The van der Waals surface area contributed by atoms with Crippen molar-refractivity contribution >= 4 is 10.9 Å². The van der Waals surface area contributed by atoms with E-state index in [1.807, 2.05) is 11.7 Å². The Labute approximate surface area is 102 Å². The normalized spacial score (nSPS) is 20.2. The average molecular weight is 229 g/mol. The van der Waals surface area contributed by atoms with Gasteiger partial charge in [0.25, 0.3) is 0 Å². The summed E-state index contributed by atoms with van der Waals surface area (Å²) in [4.78, 5) is 0. The van der Waals surface area contributed by atoms with Crippen LogP contribution in [0.25, 0.3) is 10.9 Å². The lowest BCUT2D eigenvalue weighted by molar-refractivity contribution is 0.589. The van der Waals surface area contributed by atoms with E-state index in [1.165, 1.54) is 35.0 Å². The predicted molar refractivity (Wildman–Crippen MR) is 70.2 cm³/mol. The first-order valence-corrected chi connectivity index (χ1v) is 6.40. The van der Waals surface area contributed by atoms with Gasteiger partial charge in [-0.1, -0.05) is 18.2 Å². The van der Waals surface area contributed by atoms with Crippen molar-refractivity contribution in [2.75, 3.05) is 6.54 Å². The Kier molecular flexibility index (Phi) is 2.63. The molecule has 1 atom stereocenters. The van der Waals surface area contributed by atoms with Crippen molar-refractivity contribution < 1.29 is 0 Å². The maximum atomic E-state index is 4.69. The molecular weight excluding hydrogens is 210 g/mol. The van der Waals surface area contributed by atoms with Crippen molar-refractivity contribution in [3.8, 4) is 0 Å². The molecule has 2 aromatic rings. The van der Waals surface area contributed by atoms with E-state index in [0.29, 0.717) is 6.04 Å². The molecule has 3 nitrogen and oxygen atoms in total. The Morgan fingerprint density at radius 1 is 1.47 bits per heavy atom. The van der Waals surface area contributed by atoms with E-state index in [0.717, 1.165) is 13.0 Å². The van der Waals surface area contributed by atoms with Crippen molar-refractivity contribution in [1.82, 2.24) is 15.1 Å². The summed E-state index contributed by atoms with van der Waals surface area (Å²) in [5.41, 5.74) is 3.83. The number of hydrogen-bond donors (Lipinski definition) is 1. The summed E-state index contributed by atoms with van der Waals surface area (Å²) in [7, 11) is 2.04. The number of aromatic nitrogens is 2. The third-order valence-electron chi connectivity index (χ3n) is 3.75. The molecule has 3 rings (SSSR count). The second kappa shape index (κ2) is 4.15. The number of benzene rings is 1. The molecule has 0 amide bonds. The Morgan fingerprint density at radius 3 is 3.12 bits per heavy atom. The Balaban J connectivity index is 2.01. The highest BCUT2D eigenvalue weighted by atomic mass is 15.3. The first kappa shape index (κ1) is 10.8. The number of hydrogen-bond acceptors (Lipinski definition) is 2. The lowest BCUT2D eigenvalue weighted by Crippen LogP contribution is -2.23. The van der Waals surface area contributed by atoms with Crippen LogP contribution in [-0.2, 0) is 13.5 Å². The number of para-hydroxylation sites is 1. The fourth-order valence-corrected chi connectivity index (χ4v) is 2.92. The summed E-state index contributed by atoms with van der Waals surface area (Å²) in [6.45, 7) is 3.32. The van der Waals surface area contributed by atoms with E-state index >= 15 is 0 Å². The van der Waals surface area contributed by atoms with Gasteiger partial charge in [0.2, 0.25) is 0 Å². The minimum atomic E-state index is 0.619. The highest BCUT2D eigenvalue weighted by Crippen LogP contribution is 2.23. The molecule has 3 heteroatoms. The second-order valence-corrected chi connectivity index (χ2v) is 5.04. The molecule has 1 fully saturated rings. The van der Waals surface area contributed by atoms with Crippen molar-refractivity contribution in [2.24, 2.45) is 7.05 Å². The van der Waals surface area contributed by atoms with E-state index in [4.69, 9.17) is 5.10 Å². The highest BCUT2D eigenvalue weighted by molar-refractivity contribution is 5.84. The van der Waals surface area contributed by atoms with Crippen molar-refractivity contribution in [3.63, 3.8) is 0 Å². The monoisotopic (exact) mass is 229 g/mol. The SMILES string of the molecule is Cc1cccc2c(CC3CCCN3)nn(C)c12. The van der Waals surface area contributed by atoms with E-state index in [-0.39, 0.29) is 0 Å². The molecule has 1 aliphatic heterocycles. The Bertz CT molecular complexity index is 536. The lowest BCUT2D eigenvalue weighted by Gasteiger charge is -2.07. The Morgan fingerprint density at radius 2 is 2.35 bits per heavy atom. The van der Waals surface area contributed by atoms with Crippen LogP contribution >= 0.6 is 0 Å². The molecule has 17 heavy (non-hydrogen) atoms. The first-order valence-electron chi connectivity index (χ1n) is 6.40. The van der Waals surface area contributed by atoms with Crippen LogP contribution in [0.1, 0.15) is 24.1 Å². The van der Waals surface area contributed by atoms with Gasteiger partial charge in [-0.15, -0.1) is 0 Å². The third-order valence-corrected chi connectivity index (χ3v) is 3.75. The number of rotatable bonds is 2. The molecule has 0 aliphatic carbocycles. The van der Waals surface area contributed by atoms with Gasteiger partial charge in [0.15, 0.2) is 0 Å². The van der Waals surface area contributed by atoms with Gasteiger partial charge in [-0.25, -0.2) is 0 Å². The van der Waals surface area contributed by atoms with Gasteiger partial charge in [-0.05, 0) is 31.9 Å². The number of nitrogens with one attached hydrogen (secondary N) is 1. The van der Waals surface area contributed by atoms with Crippen LogP contribution in [0.15, 0.2) is 18.2 Å². The molecule has 2 heterocycles. The smallest absolute Gasteiger partial charge is 0.0718 e. The molecule has 1 aromatic carbocycles. The molecule has 90 valence electrons. The zero-order valence-corrected chi connectivity index (χ0v) is 10.5. The highest BCUT2D eigenvalue weighted by Gasteiger charge is 2.18. The predicted octanol–water partition coefficient (Wildman–Crippen LogP) is 2.18. The van der Waals surface area contributed by atoms with Crippen LogP contribution in [0, 0.1) is 6.92 Å². The van der Waals surface area contributed by atoms with Crippen LogP contribution in [0.2, 0.25) is 0 Å². The summed E-state index contributed by atoms with van der Waals surface area (Å²) < 4.78 is 2.02. The molecule has 1 aromatic heterocycles. The summed E-state index contributed by atoms with van der Waals surface area (Å²) in [6.07, 6.45) is 3.64. The molecule has 0 spiro atoms. The van der Waals surface area contributed by atoms with E-state index < -0.39 is 0 Å². The molecule has 0 radical (unpaired) electrons. The Hall–Kier alpha value is -1.35. The van der Waals surface area contributed by atoms with Crippen molar-refractivity contribution in [2.45, 2.75) is 32.2 Å². The molecule has 0 bridgehead atoms. The second-order valence-electron chi connectivity index (χ2n) is 5.04. The third kappa shape index (κ3) is 1.84. The van der Waals surface area contributed by atoms with Gasteiger partial charge in [-0.2, -0.15) is 5.10 Å². The molecule has 0 saturated carbocycles. The summed E-state index contributed by atoms with van der Waals surface area (Å²) >= 11 is 0. The molecule has 1 unspecified atom stereocenters. The first-order chi connectivity index (χ1) is 8.25. The molecule has 1 aliphatic rings. The van der Waals surface area contributed by atoms with Crippen molar-refractivity contribution in [1.29, 1.82) is 0 Å². The number of fused-ring (bicyclic) bond motifs is 1. The topological polar surface area (TPSA) is 29.9 Å². The summed E-state index contributed by atoms with van der Waals surface area (Å²) in [5, 5.41) is 9.56. The van der Waals surface area contributed by atoms with Crippen LogP contribution in [0.5, 0.6) is 0 Å². The van der Waals surface area contributed by atoms with Gasteiger partial charge >= 0.3 is 0 Å². The standard InChI is InChI=1S/C14H19N3/c1-10-5-3-7-12-13(16-17(2)14(10)12)9-11-6-4-8-15-11/h3,5,7,11,15H,4,6,8-9H2,1-2H3. The van der Waals surface area contributed by atoms with Crippen LogP contribution in [0.3, 0.4) is 0 Å². The average Bonchev–Trinajstić information content (AvgIpc) is 2.90.